The first-order valence-electron chi connectivity index (χ1n) is 10.6. The van der Waals surface area contributed by atoms with Gasteiger partial charge in [0, 0.05) is 48.5 Å². The average Bonchev–Trinajstić information content (AvgIpc) is 2.79. The van der Waals surface area contributed by atoms with Crippen LogP contribution in [0.1, 0.15) is 30.1 Å². The Kier molecular flexibility index (Phi) is 6.48. The molecule has 9 heteroatoms. The van der Waals surface area contributed by atoms with E-state index < -0.39 is 12.3 Å². The number of alkyl halides is 3. The summed E-state index contributed by atoms with van der Waals surface area (Å²) in [6.45, 7) is 3.99. The van der Waals surface area contributed by atoms with E-state index in [1.165, 1.54) is 24.8 Å². The summed E-state index contributed by atoms with van der Waals surface area (Å²) in [4.78, 5) is 23.9. The highest BCUT2D eigenvalue weighted by Crippen LogP contribution is 2.32. The maximum atomic E-state index is 12.9. The van der Waals surface area contributed by atoms with Crippen molar-refractivity contribution in [2.24, 2.45) is 5.92 Å². The van der Waals surface area contributed by atoms with E-state index in [2.05, 4.69) is 31.8 Å². The minimum absolute atomic E-state index is 0.332. The monoisotopic (exact) mass is 456 g/mol. The number of anilines is 2. The lowest BCUT2D eigenvalue weighted by Gasteiger charge is -2.33. The second-order valence-electron chi connectivity index (χ2n) is 8.06. The predicted octanol–water partition coefficient (Wildman–Crippen LogP) is 5.53. The smallest absolute Gasteiger partial charge is 0.406 e. The highest BCUT2D eigenvalue weighted by atomic mass is 19.4. The van der Waals surface area contributed by atoms with Crippen LogP contribution in [0.3, 0.4) is 0 Å². The summed E-state index contributed by atoms with van der Waals surface area (Å²) in [6, 6.07) is 10.5. The van der Waals surface area contributed by atoms with Crippen LogP contribution in [-0.2, 0) is 0 Å². The lowest BCUT2D eigenvalue weighted by molar-refractivity contribution is -0.274. The lowest BCUT2D eigenvalue weighted by Crippen LogP contribution is -2.35. The SMILES string of the molecule is C[C@H]1CCCN(c2ncc(C(=O)Nc3ccc(OC(F)(F)F)cc3)cc2-c2cccnc2)C1. The van der Waals surface area contributed by atoms with Gasteiger partial charge in [0.25, 0.3) is 5.91 Å². The number of pyridine rings is 2. The fourth-order valence-electron chi connectivity index (χ4n) is 3.89. The maximum absolute atomic E-state index is 12.9. The Labute approximate surface area is 189 Å². The number of benzene rings is 1. The first kappa shape index (κ1) is 22.6. The zero-order valence-electron chi connectivity index (χ0n) is 18.0. The second-order valence-corrected chi connectivity index (χ2v) is 8.06. The summed E-state index contributed by atoms with van der Waals surface area (Å²) in [5.74, 6) is 0.575. The van der Waals surface area contributed by atoms with E-state index in [9.17, 15) is 18.0 Å². The molecule has 0 bridgehead atoms. The molecule has 1 N–H and O–H groups in total. The zero-order chi connectivity index (χ0) is 23.4. The molecule has 1 atom stereocenters. The first-order valence-corrected chi connectivity index (χ1v) is 10.6. The molecule has 1 aromatic carbocycles. The summed E-state index contributed by atoms with van der Waals surface area (Å²) in [5.41, 5.74) is 2.32. The van der Waals surface area contributed by atoms with Gasteiger partial charge in [-0.1, -0.05) is 13.0 Å². The van der Waals surface area contributed by atoms with E-state index in [4.69, 9.17) is 0 Å². The number of carbonyl (C=O) groups is 1. The van der Waals surface area contributed by atoms with E-state index in [0.717, 1.165) is 48.6 Å². The van der Waals surface area contributed by atoms with Crippen LogP contribution in [0, 0.1) is 5.92 Å². The molecule has 1 fully saturated rings. The van der Waals surface area contributed by atoms with Crippen molar-refractivity contribution in [1.29, 1.82) is 0 Å². The maximum Gasteiger partial charge on any atom is 0.573 e. The van der Waals surface area contributed by atoms with Crippen LogP contribution in [0.15, 0.2) is 61.1 Å². The van der Waals surface area contributed by atoms with E-state index >= 15 is 0 Å². The molecule has 0 unspecified atom stereocenters. The molecular weight excluding hydrogens is 433 g/mol. The summed E-state index contributed by atoms with van der Waals surface area (Å²) in [5, 5.41) is 2.69. The lowest BCUT2D eigenvalue weighted by atomic mass is 9.98. The summed E-state index contributed by atoms with van der Waals surface area (Å²) in [6.07, 6.45) is 2.41. The Balaban J connectivity index is 1.58. The van der Waals surface area contributed by atoms with Crippen LogP contribution in [0.4, 0.5) is 24.7 Å². The third-order valence-electron chi connectivity index (χ3n) is 5.40. The van der Waals surface area contributed by atoms with Gasteiger partial charge in [-0.2, -0.15) is 0 Å². The molecule has 33 heavy (non-hydrogen) atoms. The molecule has 0 spiro atoms. The van der Waals surface area contributed by atoms with Crippen molar-refractivity contribution in [2.75, 3.05) is 23.3 Å². The number of amides is 1. The van der Waals surface area contributed by atoms with Gasteiger partial charge >= 0.3 is 6.36 Å². The second kappa shape index (κ2) is 9.48. The summed E-state index contributed by atoms with van der Waals surface area (Å²) >= 11 is 0. The summed E-state index contributed by atoms with van der Waals surface area (Å²) < 4.78 is 40.9. The zero-order valence-corrected chi connectivity index (χ0v) is 18.0. The van der Waals surface area contributed by atoms with Crippen LogP contribution < -0.4 is 15.0 Å². The molecule has 1 saturated heterocycles. The van der Waals surface area contributed by atoms with Crippen LogP contribution in [0.5, 0.6) is 5.75 Å². The van der Waals surface area contributed by atoms with Gasteiger partial charge in [0.05, 0.1) is 5.56 Å². The molecule has 4 rings (SSSR count). The van der Waals surface area contributed by atoms with Crippen molar-refractivity contribution in [2.45, 2.75) is 26.1 Å². The van der Waals surface area contributed by atoms with Crippen molar-refractivity contribution in [3.8, 4) is 16.9 Å². The molecule has 2 aromatic heterocycles. The molecule has 3 aromatic rings. The van der Waals surface area contributed by atoms with Crippen molar-refractivity contribution in [1.82, 2.24) is 9.97 Å². The number of carbonyl (C=O) groups excluding carboxylic acids is 1. The predicted molar refractivity (Wildman–Crippen MR) is 119 cm³/mol. The quantitative estimate of drug-likeness (QED) is 0.547. The minimum atomic E-state index is -4.77. The molecule has 0 radical (unpaired) electrons. The summed E-state index contributed by atoms with van der Waals surface area (Å²) in [7, 11) is 0. The number of halogens is 3. The Bertz CT molecular complexity index is 1100. The van der Waals surface area contributed by atoms with E-state index in [1.807, 2.05) is 12.1 Å². The van der Waals surface area contributed by atoms with Gasteiger partial charge in [-0.25, -0.2) is 4.98 Å². The van der Waals surface area contributed by atoms with Gasteiger partial charge < -0.3 is 15.0 Å². The molecule has 0 saturated carbocycles. The van der Waals surface area contributed by atoms with Gasteiger partial charge in [-0.05, 0) is 55.2 Å². The number of rotatable bonds is 5. The molecule has 1 amide bonds. The average molecular weight is 456 g/mol. The number of hydrogen-bond donors (Lipinski definition) is 1. The van der Waals surface area contributed by atoms with Gasteiger partial charge in [-0.3, -0.25) is 9.78 Å². The molecule has 0 aliphatic carbocycles. The number of aromatic nitrogens is 2. The van der Waals surface area contributed by atoms with Gasteiger partial charge in [0.2, 0.25) is 0 Å². The van der Waals surface area contributed by atoms with Crippen LogP contribution in [-0.4, -0.2) is 35.3 Å². The van der Waals surface area contributed by atoms with E-state index in [1.54, 1.807) is 18.5 Å². The van der Waals surface area contributed by atoms with Crippen molar-refractivity contribution in [3.05, 3.63) is 66.6 Å². The third-order valence-corrected chi connectivity index (χ3v) is 5.40. The molecule has 1 aliphatic heterocycles. The fourth-order valence-corrected chi connectivity index (χ4v) is 3.89. The largest absolute Gasteiger partial charge is 0.573 e. The first-order chi connectivity index (χ1) is 15.8. The number of piperidine rings is 1. The normalized spacial score (nSPS) is 16.4. The minimum Gasteiger partial charge on any atom is -0.406 e. The highest BCUT2D eigenvalue weighted by molar-refractivity contribution is 6.05. The Morgan fingerprint density at radius 1 is 1.18 bits per heavy atom. The van der Waals surface area contributed by atoms with Crippen molar-refractivity contribution >= 4 is 17.4 Å². The molecule has 3 heterocycles. The number of nitrogens with one attached hydrogen (secondary N) is 1. The van der Waals surface area contributed by atoms with Crippen molar-refractivity contribution < 1.29 is 22.7 Å². The van der Waals surface area contributed by atoms with Gasteiger partial charge in [0.15, 0.2) is 0 Å². The van der Waals surface area contributed by atoms with Crippen LogP contribution >= 0.6 is 0 Å². The fraction of sp³-hybridized carbons (Fsp3) is 0.292. The Hall–Kier alpha value is -3.62. The van der Waals surface area contributed by atoms with Gasteiger partial charge in [-0.15, -0.1) is 13.2 Å². The Morgan fingerprint density at radius 2 is 1.97 bits per heavy atom. The Morgan fingerprint density at radius 3 is 2.64 bits per heavy atom. The van der Waals surface area contributed by atoms with Gasteiger partial charge in [0.1, 0.15) is 11.6 Å². The molecule has 172 valence electrons. The standard InChI is InChI=1S/C24H23F3N4O2/c1-16-4-3-11-31(15-16)22-21(17-5-2-10-28-13-17)12-18(14-29-22)23(32)30-19-6-8-20(9-7-19)33-24(25,26)27/h2,5-10,12-14,16H,3-4,11,15H2,1H3,(H,30,32)/t16-/m0/s1. The number of ether oxygens (including phenoxy) is 1. The van der Waals surface area contributed by atoms with Crippen LogP contribution in [0.25, 0.3) is 11.1 Å². The number of nitrogens with zero attached hydrogens (tertiary/aromatic N) is 3. The van der Waals surface area contributed by atoms with Crippen molar-refractivity contribution in [3.63, 3.8) is 0 Å². The highest BCUT2D eigenvalue weighted by Gasteiger charge is 2.31. The van der Waals surface area contributed by atoms with Crippen LogP contribution in [0.2, 0.25) is 0 Å². The molecule has 1 aliphatic rings. The third kappa shape index (κ3) is 5.79. The van der Waals surface area contributed by atoms with E-state index in [0.29, 0.717) is 17.2 Å². The topological polar surface area (TPSA) is 67.4 Å². The molecule has 6 nitrogen and oxygen atoms in total. The number of hydrogen-bond acceptors (Lipinski definition) is 5. The van der Waals surface area contributed by atoms with E-state index in [-0.39, 0.29) is 5.75 Å². The molecular formula is C24H23F3N4O2.